The van der Waals surface area contributed by atoms with E-state index in [-0.39, 0.29) is 0 Å². The molecule has 12 heavy (non-hydrogen) atoms. The van der Waals surface area contributed by atoms with Gasteiger partial charge in [-0.1, -0.05) is 11.6 Å². The third kappa shape index (κ3) is 1.99. The smallest absolute Gasteiger partial charge is 0.127 e. The quantitative estimate of drug-likeness (QED) is 0.728. The molecular weight excluding hydrogens is 176 g/mol. The molecule has 1 aromatic rings. The Bertz CT molecular complexity index is 258. The molecule has 0 N–H and O–H groups in total. The summed E-state index contributed by atoms with van der Waals surface area (Å²) >= 11 is 5.92. The second-order valence-corrected chi connectivity index (χ2v) is 3.32. The molecule has 3 nitrogen and oxygen atoms in total. The maximum atomic E-state index is 5.92. The Labute approximate surface area is 77.3 Å². The van der Waals surface area contributed by atoms with E-state index in [0.29, 0.717) is 17.8 Å². The topological polar surface area (TPSA) is 27.1 Å². The van der Waals surface area contributed by atoms with Crippen molar-refractivity contribution in [2.24, 2.45) is 0 Å². The first kappa shape index (κ1) is 9.55. The molecule has 0 atom stereocenters. The van der Waals surface area contributed by atoms with E-state index in [1.807, 2.05) is 19.9 Å². The van der Waals surface area contributed by atoms with Crippen LogP contribution in [0.5, 0.6) is 0 Å². The van der Waals surface area contributed by atoms with Crippen LogP contribution in [0.15, 0.2) is 6.07 Å². The number of halogens is 1. The van der Waals surface area contributed by atoms with Gasteiger partial charge in [-0.05, 0) is 13.8 Å². The number of hydrogen-bond donors (Lipinski definition) is 0. The monoisotopic (exact) mass is 188 g/mol. The lowest BCUT2D eigenvalue weighted by Crippen LogP contribution is -2.03. The van der Waals surface area contributed by atoms with Crippen LogP contribution < -0.4 is 0 Å². The first-order valence-corrected chi connectivity index (χ1v) is 4.25. The Kier molecular flexibility index (Phi) is 3.12. The first-order valence-electron chi connectivity index (χ1n) is 3.88. The fourth-order valence-corrected chi connectivity index (χ4v) is 1.36. The average Bonchev–Trinajstić information content (AvgIpc) is 2.32. The molecule has 0 aliphatic rings. The molecule has 0 aliphatic heterocycles. The second kappa shape index (κ2) is 3.92. The third-order valence-electron chi connectivity index (χ3n) is 1.52. The van der Waals surface area contributed by atoms with Crippen LogP contribution in [-0.4, -0.2) is 16.9 Å². The summed E-state index contributed by atoms with van der Waals surface area (Å²) in [6.07, 6.45) is 0. The molecule has 1 aromatic heterocycles. The normalized spacial score (nSPS) is 11.1. The average molecular weight is 189 g/mol. The zero-order valence-electron chi connectivity index (χ0n) is 7.54. The molecule has 68 valence electrons. The van der Waals surface area contributed by atoms with Crippen molar-refractivity contribution < 1.29 is 4.74 Å². The lowest BCUT2D eigenvalue weighted by molar-refractivity contribution is 0.180. The predicted molar refractivity (Wildman–Crippen MR) is 48.3 cm³/mol. The van der Waals surface area contributed by atoms with Gasteiger partial charge < -0.3 is 4.74 Å². The highest BCUT2D eigenvalue weighted by Gasteiger charge is 2.07. The molecule has 0 saturated carbocycles. The molecule has 0 bridgehead atoms. The number of methoxy groups -OCH3 is 1. The van der Waals surface area contributed by atoms with Crippen LogP contribution in [0.4, 0.5) is 0 Å². The minimum Gasteiger partial charge on any atom is -0.378 e. The number of rotatable bonds is 3. The minimum atomic E-state index is 0.295. The standard InChI is InChI=1S/C8H13ClN2O/c1-6(2)11-8(9)4-7(10-11)5-12-3/h4,6H,5H2,1-3H3. The number of hydrogen-bond acceptors (Lipinski definition) is 2. The first-order chi connectivity index (χ1) is 5.65. The third-order valence-corrected chi connectivity index (χ3v) is 1.80. The minimum absolute atomic E-state index is 0.295. The van der Waals surface area contributed by atoms with Crippen molar-refractivity contribution in [1.82, 2.24) is 9.78 Å². The van der Waals surface area contributed by atoms with E-state index in [1.165, 1.54) is 0 Å². The zero-order chi connectivity index (χ0) is 9.14. The fourth-order valence-electron chi connectivity index (χ4n) is 0.999. The maximum absolute atomic E-state index is 5.92. The van der Waals surface area contributed by atoms with Gasteiger partial charge >= 0.3 is 0 Å². The lowest BCUT2D eigenvalue weighted by Gasteiger charge is -2.05. The van der Waals surface area contributed by atoms with Gasteiger partial charge in [-0.2, -0.15) is 5.10 Å². The van der Waals surface area contributed by atoms with E-state index in [2.05, 4.69) is 5.10 Å². The van der Waals surface area contributed by atoms with Gasteiger partial charge in [0.15, 0.2) is 0 Å². The molecule has 0 saturated heterocycles. The Balaban J connectivity index is 2.85. The summed E-state index contributed by atoms with van der Waals surface area (Å²) in [5.74, 6) is 0. The number of nitrogens with zero attached hydrogens (tertiary/aromatic N) is 2. The van der Waals surface area contributed by atoms with Crippen molar-refractivity contribution in [3.63, 3.8) is 0 Å². The highest BCUT2D eigenvalue weighted by atomic mass is 35.5. The molecule has 0 amide bonds. The molecule has 0 fully saturated rings. The van der Waals surface area contributed by atoms with Gasteiger partial charge in [0.2, 0.25) is 0 Å². The molecule has 0 aromatic carbocycles. The van der Waals surface area contributed by atoms with E-state index in [1.54, 1.807) is 11.8 Å². The SMILES string of the molecule is COCc1cc(Cl)n(C(C)C)n1. The van der Waals surface area contributed by atoms with Crippen molar-refractivity contribution in [2.75, 3.05) is 7.11 Å². The summed E-state index contributed by atoms with van der Waals surface area (Å²) in [5.41, 5.74) is 0.871. The molecule has 4 heteroatoms. The van der Waals surface area contributed by atoms with E-state index in [9.17, 15) is 0 Å². The zero-order valence-corrected chi connectivity index (χ0v) is 8.30. The van der Waals surface area contributed by atoms with Crippen LogP contribution in [0.1, 0.15) is 25.6 Å². The van der Waals surface area contributed by atoms with Crippen LogP contribution in [0, 0.1) is 0 Å². The van der Waals surface area contributed by atoms with Gasteiger partial charge in [-0.15, -0.1) is 0 Å². The molecule has 0 aliphatic carbocycles. The van der Waals surface area contributed by atoms with Gasteiger partial charge in [0.05, 0.1) is 12.3 Å². The molecule has 0 radical (unpaired) electrons. The van der Waals surface area contributed by atoms with Gasteiger partial charge in [-0.25, -0.2) is 0 Å². The van der Waals surface area contributed by atoms with Crippen molar-refractivity contribution in [3.8, 4) is 0 Å². The van der Waals surface area contributed by atoms with Crippen LogP contribution in [-0.2, 0) is 11.3 Å². The summed E-state index contributed by atoms with van der Waals surface area (Å²) in [7, 11) is 1.64. The summed E-state index contributed by atoms with van der Waals surface area (Å²) in [5, 5.41) is 4.92. The van der Waals surface area contributed by atoms with Crippen LogP contribution >= 0.6 is 11.6 Å². The van der Waals surface area contributed by atoms with E-state index in [0.717, 1.165) is 5.69 Å². The largest absolute Gasteiger partial charge is 0.378 e. The Hall–Kier alpha value is -0.540. The molecule has 0 spiro atoms. The summed E-state index contributed by atoms with van der Waals surface area (Å²) in [6, 6.07) is 2.12. The van der Waals surface area contributed by atoms with Crippen LogP contribution in [0.25, 0.3) is 0 Å². The Morgan fingerprint density at radius 3 is 2.75 bits per heavy atom. The Morgan fingerprint density at radius 1 is 1.67 bits per heavy atom. The summed E-state index contributed by atoms with van der Waals surface area (Å²) in [4.78, 5) is 0. The highest BCUT2D eigenvalue weighted by Crippen LogP contribution is 2.16. The second-order valence-electron chi connectivity index (χ2n) is 2.93. The van der Waals surface area contributed by atoms with Crippen molar-refractivity contribution in [1.29, 1.82) is 0 Å². The highest BCUT2D eigenvalue weighted by molar-refractivity contribution is 6.29. The molecule has 1 heterocycles. The van der Waals surface area contributed by atoms with Gasteiger partial charge in [0.25, 0.3) is 0 Å². The number of ether oxygens (including phenoxy) is 1. The summed E-state index contributed by atoms with van der Waals surface area (Å²) < 4.78 is 6.72. The van der Waals surface area contributed by atoms with Gasteiger partial charge in [-0.3, -0.25) is 4.68 Å². The van der Waals surface area contributed by atoms with Crippen LogP contribution in [0.2, 0.25) is 5.15 Å². The molecular formula is C8H13ClN2O. The van der Waals surface area contributed by atoms with Gasteiger partial charge in [0.1, 0.15) is 5.15 Å². The maximum Gasteiger partial charge on any atom is 0.127 e. The lowest BCUT2D eigenvalue weighted by atomic mass is 10.4. The number of aromatic nitrogens is 2. The van der Waals surface area contributed by atoms with Crippen molar-refractivity contribution in [3.05, 3.63) is 16.9 Å². The van der Waals surface area contributed by atoms with Crippen LogP contribution in [0.3, 0.4) is 0 Å². The van der Waals surface area contributed by atoms with E-state index < -0.39 is 0 Å². The molecule has 0 unspecified atom stereocenters. The van der Waals surface area contributed by atoms with Crippen molar-refractivity contribution >= 4 is 11.6 Å². The fraction of sp³-hybridized carbons (Fsp3) is 0.625. The molecule has 1 rings (SSSR count). The Morgan fingerprint density at radius 2 is 2.33 bits per heavy atom. The predicted octanol–water partition coefficient (Wildman–Crippen LogP) is 2.26. The van der Waals surface area contributed by atoms with E-state index in [4.69, 9.17) is 16.3 Å². The van der Waals surface area contributed by atoms with Crippen molar-refractivity contribution in [2.45, 2.75) is 26.5 Å². The van der Waals surface area contributed by atoms with E-state index >= 15 is 0 Å². The van der Waals surface area contributed by atoms with Gasteiger partial charge in [0, 0.05) is 19.2 Å². The summed E-state index contributed by atoms with van der Waals surface area (Å²) in [6.45, 7) is 4.59.